The summed E-state index contributed by atoms with van der Waals surface area (Å²) < 4.78 is 15.5. The lowest BCUT2D eigenvalue weighted by molar-refractivity contribution is 0.371. The Balaban J connectivity index is 3.06. The molecule has 3 heteroatoms. The lowest BCUT2D eigenvalue weighted by atomic mass is 10.4. The van der Waals surface area contributed by atoms with Crippen LogP contribution in [0.3, 0.4) is 0 Å². The number of unbranched alkanes of at least 4 members (excludes halogenated alkanes) is 1. The summed E-state index contributed by atoms with van der Waals surface area (Å²) >= 11 is -1.02. The van der Waals surface area contributed by atoms with Crippen LogP contribution in [0.2, 0.25) is 0 Å². The molecule has 0 aromatic rings. The first kappa shape index (κ1) is 9.11. The standard InChI is InChI=1S/C6H14O2S/c1-3-5-6-9(7)8-4-2/h3-6H2,1-2H3. The summed E-state index contributed by atoms with van der Waals surface area (Å²) in [5, 5.41) is 0. The zero-order valence-corrected chi connectivity index (χ0v) is 6.87. The molecule has 0 heterocycles. The van der Waals surface area contributed by atoms with Crippen molar-refractivity contribution in [1.29, 1.82) is 0 Å². The van der Waals surface area contributed by atoms with Crippen molar-refractivity contribution >= 4 is 11.1 Å². The molecule has 0 amide bonds. The summed E-state index contributed by atoms with van der Waals surface area (Å²) in [7, 11) is 0. The Hall–Kier alpha value is 0.110. The van der Waals surface area contributed by atoms with Crippen LogP contribution in [-0.2, 0) is 15.3 Å². The lowest BCUT2D eigenvalue weighted by Crippen LogP contribution is -2.00. The molecule has 2 nitrogen and oxygen atoms in total. The zero-order valence-electron chi connectivity index (χ0n) is 6.05. The number of hydrogen-bond acceptors (Lipinski definition) is 2. The van der Waals surface area contributed by atoms with E-state index in [4.69, 9.17) is 4.18 Å². The van der Waals surface area contributed by atoms with Crippen LogP contribution >= 0.6 is 0 Å². The smallest absolute Gasteiger partial charge is 0.155 e. The average molecular weight is 150 g/mol. The van der Waals surface area contributed by atoms with Crippen LogP contribution < -0.4 is 0 Å². The Kier molecular flexibility index (Phi) is 6.31. The predicted octanol–water partition coefficient (Wildman–Crippen LogP) is 1.49. The fourth-order valence-corrected chi connectivity index (χ4v) is 1.36. The first-order valence-electron chi connectivity index (χ1n) is 3.32. The molecule has 0 aliphatic carbocycles. The highest BCUT2D eigenvalue weighted by Gasteiger charge is 1.94. The van der Waals surface area contributed by atoms with Crippen LogP contribution in [0.1, 0.15) is 26.7 Å². The van der Waals surface area contributed by atoms with E-state index in [9.17, 15) is 4.21 Å². The summed E-state index contributed by atoms with van der Waals surface area (Å²) in [5.41, 5.74) is 0. The maximum Gasteiger partial charge on any atom is 0.155 e. The molecule has 0 bridgehead atoms. The fraction of sp³-hybridized carbons (Fsp3) is 1.00. The molecule has 0 radical (unpaired) electrons. The summed E-state index contributed by atoms with van der Waals surface area (Å²) in [6, 6.07) is 0. The van der Waals surface area contributed by atoms with Crippen LogP contribution in [0.4, 0.5) is 0 Å². The van der Waals surface area contributed by atoms with Gasteiger partial charge in [0, 0.05) is 5.75 Å². The Morgan fingerprint density at radius 3 is 2.56 bits per heavy atom. The van der Waals surface area contributed by atoms with Gasteiger partial charge in [0.1, 0.15) is 0 Å². The molecule has 0 saturated carbocycles. The van der Waals surface area contributed by atoms with E-state index in [1.165, 1.54) is 0 Å². The van der Waals surface area contributed by atoms with Crippen molar-refractivity contribution in [3.63, 3.8) is 0 Å². The van der Waals surface area contributed by atoms with E-state index in [0.29, 0.717) is 12.4 Å². The Morgan fingerprint density at radius 2 is 2.11 bits per heavy atom. The van der Waals surface area contributed by atoms with Crippen LogP contribution in [0.15, 0.2) is 0 Å². The van der Waals surface area contributed by atoms with Gasteiger partial charge in [0.25, 0.3) is 0 Å². The fourth-order valence-electron chi connectivity index (χ4n) is 0.453. The second kappa shape index (κ2) is 6.23. The Morgan fingerprint density at radius 1 is 1.44 bits per heavy atom. The van der Waals surface area contributed by atoms with Crippen LogP contribution in [0, 0.1) is 0 Å². The maximum atomic E-state index is 10.7. The SMILES string of the molecule is CCCCS(=O)OCC. The molecule has 0 aromatic carbocycles. The Labute approximate surface area is 59.3 Å². The van der Waals surface area contributed by atoms with Crippen molar-refractivity contribution in [3.05, 3.63) is 0 Å². The summed E-state index contributed by atoms with van der Waals surface area (Å²) in [5.74, 6) is 0.685. The normalized spacial score (nSPS) is 13.6. The molecule has 56 valence electrons. The van der Waals surface area contributed by atoms with E-state index in [1.807, 2.05) is 6.92 Å². The highest BCUT2D eigenvalue weighted by molar-refractivity contribution is 7.80. The average Bonchev–Trinajstić information content (AvgIpc) is 1.85. The molecule has 0 N–H and O–H groups in total. The maximum absolute atomic E-state index is 10.7. The van der Waals surface area contributed by atoms with Gasteiger partial charge in [0.05, 0.1) is 6.61 Å². The van der Waals surface area contributed by atoms with Crippen molar-refractivity contribution in [2.75, 3.05) is 12.4 Å². The van der Waals surface area contributed by atoms with E-state index in [0.717, 1.165) is 12.8 Å². The summed E-state index contributed by atoms with van der Waals surface area (Å²) in [4.78, 5) is 0. The highest BCUT2D eigenvalue weighted by atomic mass is 32.2. The van der Waals surface area contributed by atoms with Crippen LogP contribution in [-0.4, -0.2) is 16.6 Å². The molecule has 1 atom stereocenters. The lowest BCUT2D eigenvalue weighted by Gasteiger charge is -1.96. The van der Waals surface area contributed by atoms with Crippen molar-refractivity contribution in [3.8, 4) is 0 Å². The van der Waals surface area contributed by atoms with Crippen LogP contribution in [0.5, 0.6) is 0 Å². The molecule has 1 unspecified atom stereocenters. The monoisotopic (exact) mass is 150 g/mol. The molecule has 0 saturated heterocycles. The van der Waals surface area contributed by atoms with Crippen molar-refractivity contribution in [2.24, 2.45) is 0 Å². The third-order valence-corrected chi connectivity index (χ3v) is 2.03. The first-order chi connectivity index (χ1) is 4.31. The second-order valence-electron chi connectivity index (χ2n) is 1.77. The molecule has 0 aliphatic heterocycles. The number of hydrogen-bond donors (Lipinski definition) is 0. The van der Waals surface area contributed by atoms with Gasteiger partial charge >= 0.3 is 0 Å². The van der Waals surface area contributed by atoms with Gasteiger partial charge < -0.3 is 0 Å². The van der Waals surface area contributed by atoms with E-state index in [1.54, 1.807) is 0 Å². The highest BCUT2D eigenvalue weighted by Crippen LogP contribution is 1.92. The van der Waals surface area contributed by atoms with Gasteiger partial charge in [-0.15, -0.1) is 0 Å². The summed E-state index contributed by atoms with van der Waals surface area (Å²) in [6.07, 6.45) is 2.07. The predicted molar refractivity (Wildman–Crippen MR) is 39.5 cm³/mol. The minimum absolute atomic E-state index is 0.552. The second-order valence-corrected chi connectivity index (χ2v) is 3.02. The molecule has 9 heavy (non-hydrogen) atoms. The van der Waals surface area contributed by atoms with Gasteiger partial charge in [-0.25, -0.2) is 4.21 Å². The summed E-state index contributed by atoms with van der Waals surface area (Å²) in [6.45, 7) is 4.48. The number of rotatable bonds is 5. The van der Waals surface area contributed by atoms with Crippen molar-refractivity contribution < 1.29 is 8.39 Å². The topological polar surface area (TPSA) is 26.3 Å². The molecule has 0 spiro atoms. The molecule has 0 rings (SSSR count). The zero-order chi connectivity index (χ0) is 7.11. The minimum atomic E-state index is -1.02. The van der Waals surface area contributed by atoms with Crippen molar-refractivity contribution in [1.82, 2.24) is 0 Å². The third-order valence-electron chi connectivity index (χ3n) is 0.914. The molecule has 0 fully saturated rings. The van der Waals surface area contributed by atoms with Gasteiger partial charge in [-0.05, 0) is 13.3 Å². The van der Waals surface area contributed by atoms with E-state index in [-0.39, 0.29) is 0 Å². The van der Waals surface area contributed by atoms with E-state index >= 15 is 0 Å². The van der Waals surface area contributed by atoms with E-state index < -0.39 is 11.1 Å². The first-order valence-corrected chi connectivity index (χ1v) is 4.57. The quantitative estimate of drug-likeness (QED) is 0.593. The largest absolute Gasteiger partial charge is 0.291 e. The third kappa shape index (κ3) is 5.99. The molecule has 0 aliphatic rings. The van der Waals surface area contributed by atoms with Gasteiger partial charge in [-0.1, -0.05) is 13.3 Å². The van der Waals surface area contributed by atoms with Gasteiger partial charge in [0.2, 0.25) is 0 Å². The van der Waals surface area contributed by atoms with Gasteiger partial charge in [-0.3, -0.25) is 4.18 Å². The van der Waals surface area contributed by atoms with Gasteiger partial charge in [-0.2, -0.15) is 0 Å². The van der Waals surface area contributed by atoms with E-state index in [2.05, 4.69) is 6.92 Å². The van der Waals surface area contributed by atoms with Gasteiger partial charge in [0.15, 0.2) is 11.1 Å². The molecular weight excluding hydrogens is 136 g/mol. The minimum Gasteiger partial charge on any atom is -0.291 e. The molecule has 0 aromatic heterocycles. The van der Waals surface area contributed by atoms with Crippen molar-refractivity contribution in [2.45, 2.75) is 26.7 Å². The Bertz CT molecular complexity index is 83.1. The molecular formula is C6H14O2S. The van der Waals surface area contributed by atoms with Crippen LogP contribution in [0.25, 0.3) is 0 Å².